The molecule has 0 aromatic heterocycles. The summed E-state index contributed by atoms with van der Waals surface area (Å²) < 4.78 is 0. The molecule has 0 bridgehead atoms. The molecule has 1 rings (SSSR count). The van der Waals surface area contributed by atoms with Crippen molar-refractivity contribution in [1.82, 2.24) is 10.6 Å². The van der Waals surface area contributed by atoms with Crippen molar-refractivity contribution >= 4 is 12.0 Å². The lowest BCUT2D eigenvalue weighted by molar-refractivity contribution is -0.137. The first-order valence-electron chi connectivity index (χ1n) is 6.05. The third-order valence-electron chi connectivity index (χ3n) is 3.36. The molecule has 98 valence electrons. The van der Waals surface area contributed by atoms with E-state index in [1.165, 1.54) is 0 Å². The highest BCUT2D eigenvalue weighted by Gasteiger charge is 2.45. The van der Waals surface area contributed by atoms with Crippen molar-refractivity contribution in [3.63, 3.8) is 0 Å². The lowest BCUT2D eigenvalue weighted by Gasteiger charge is -2.11. The van der Waals surface area contributed by atoms with E-state index in [9.17, 15) is 9.59 Å². The molecule has 1 aliphatic rings. The molecule has 2 atom stereocenters. The van der Waals surface area contributed by atoms with Gasteiger partial charge in [0, 0.05) is 19.5 Å². The molecule has 0 heterocycles. The Hall–Kier alpha value is -1.26. The van der Waals surface area contributed by atoms with E-state index in [0.717, 1.165) is 6.42 Å². The predicted molar refractivity (Wildman–Crippen MR) is 64.7 cm³/mol. The fourth-order valence-electron chi connectivity index (χ4n) is 1.84. The van der Waals surface area contributed by atoms with Crippen LogP contribution in [0.15, 0.2) is 0 Å². The molecule has 0 saturated heterocycles. The van der Waals surface area contributed by atoms with Gasteiger partial charge in [0.1, 0.15) is 0 Å². The highest BCUT2D eigenvalue weighted by Crippen LogP contribution is 2.50. The average Bonchev–Trinajstić information content (AvgIpc) is 2.79. The maximum atomic E-state index is 11.4. The molecule has 5 nitrogen and oxygen atoms in total. The van der Waals surface area contributed by atoms with Crippen molar-refractivity contribution < 1.29 is 14.7 Å². The minimum atomic E-state index is -0.834. The van der Waals surface area contributed by atoms with Crippen LogP contribution in [-0.4, -0.2) is 30.2 Å². The van der Waals surface area contributed by atoms with E-state index in [4.69, 9.17) is 5.11 Å². The molecular formula is C12H22N2O3. The maximum Gasteiger partial charge on any atom is 0.314 e. The number of carboxylic acids is 1. The van der Waals surface area contributed by atoms with Gasteiger partial charge in [-0.05, 0) is 23.7 Å². The first kappa shape index (κ1) is 13.8. The number of urea groups is 1. The summed E-state index contributed by atoms with van der Waals surface area (Å²) in [6, 6.07) is -0.204. The maximum absolute atomic E-state index is 11.4. The zero-order valence-electron chi connectivity index (χ0n) is 10.7. The van der Waals surface area contributed by atoms with Gasteiger partial charge in [-0.2, -0.15) is 0 Å². The Morgan fingerprint density at radius 2 is 2.00 bits per heavy atom. The van der Waals surface area contributed by atoms with E-state index in [1.54, 1.807) is 6.92 Å². The van der Waals surface area contributed by atoms with Crippen LogP contribution >= 0.6 is 0 Å². The van der Waals surface area contributed by atoms with Gasteiger partial charge in [0.15, 0.2) is 0 Å². The quantitative estimate of drug-likeness (QED) is 0.659. The lowest BCUT2D eigenvalue weighted by Crippen LogP contribution is -2.39. The molecule has 3 N–H and O–H groups in total. The van der Waals surface area contributed by atoms with Crippen LogP contribution in [0, 0.1) is 17.3 Å². The second-order valence-electron chi connectivity index (χ2n) is 5.68. The number of rotatable bonds is 6. The van der Waals surface area contributed by atoms with Gasteiger partial charge < -0.3 is 15.7 Å². The Kier molecular flexibility index (Phi) is 4.37. The molecule has 2 unspecified atom stereocenters. The Bertz CT molecular complexity index is 302. The van der Waals surface area contributed by atoms with Crippen molar-refractivity contribution in [3.8, 4) is 0 Å². The molecule has 1 aliphatic carbocycles. The second kappa shape index (κ2) is 5.38. The number of carbonyl (C=O) groups excluding carboxylic acids is 1. The van der Waals surface area contributed by atoms with Crippen molar-refractivity contribution in [3.05, 3.63) is 0 Å². The minimum Gasteiger partial charge on any atom is -0.481 e. The third-order valence-corrected chi connectivity index (χ3v) is 3.36. The van der Waals surface area contributed by atoms with Crippen LogP contribution in [0.25, 0.3) is 0 Å². The van der Waals surface area contributed by atoms with Crippen LogP contribution in [-0.2, 0) is 4.79 Å². The first-order valence-corrected chi connectivity index (χ1v) is 6.05. The average molecular weight is 242 g/mol. The third kappa shape index (κ3) is 5.06. The zero-order valence-corrected chi connectivity index (χ0v) is 10.7. The molecule has 5 heteroatoms. The Morgan fingerprint density at radius 3 is 2.47 bits per heavy atom. The van der Waals surface area contributed by atoms with Crippen LogP contribution in [0.5, 0.6) is 0 Å². The van der Waals surface area contributed by atoms with Crippen molar-refractivity contribution in [2.24, 2.45) is 17.3 Å². The van der Waals surface area contributed by atoms with Gasteiger partial charge in [-0.3, -0.25) is 4.79 Å². The summed E-state index contributed by atoms with van der Waals surface area (Å²) >= 11 is 0. The van der Waals surface area contributed by atoms with Crippen molar-refractivity contribution in [2.75, 3.05) is 13.1 Å². The summed E-state index contributed by atoms with van der Waals surface area (Å²) in [4.78, 5) is 21.8. The van der Waals surface area contributed by atoms with Crippen LogP contribution < -0.4 is 10.6 Å². The number of hydrogen-bond acceptors (Lipinski definition) is 2. The number of hydrogen-bond donors (Lipinski definition) is 3. The lowest BCUT2D eigenvalue weighted by atomic mass is 10.1. The molecule has 0 aliphatic heterocycles. The predicted octanol–water partition coefficient (Wildman–Crippen LogP) is 1.44. The van der Waals surface area contributed by atoms with E-state index >= 15 is 0 Å². The van der Waals surface area contributed by atoms with Gasteiger partial charge in [-0.1, -0.05) is 20.8 Å². The Morgan fingerprint density at radius 1 is 1.41 bits per heavy atom. The largest absolute Gasteiger partial charge is 0.481 e. The fourth-order valence-corrected chi connectivity index (χ4v) is 1.84. The van der Waals surface area contributed by atoms with Crippen LogP contribution in [0.4, 0.5) is 4.79 Å². The van der Waals surface area contributed by atoms with Gasteiger partial charge in [-0.25, -0.2) is 4.79 Å². The van der Waals surface area contributed by atoms with E-state index < -0.39 is 5.97 Å². The number of carbonyl (C=O) groups is 2. The second-order valence-corrected chi connectivity index (χ2v) is 5.68. The first-order chi connectivity index (χ1) is 7.81. The van der Waals surface area contributed by atoms with E-state index in [1.807, 2.05) is 0 Å². The van der Waals surface area contributed by atoms with Gasteiger partial charge in [0.2, 0.25) is 0 Å². The molecule has 1 fully saturated rings. The SMILES string of the molecule is CC(CNC(=O)NCC1CC1(C)C)CC(=O)O. The van der Waals surface area contributed by atoms with E-state index in [0.29, 0.717) is 24.4 Å². The zero-order chi connectivity index (χ0) is 13.1. The minimum absolute atomic E-state index is 0.0457. The number of carboxylic acid groups (broad SMARTS) is 1. The summed E-state index contributed by atoms with van der Waals surface area (Å²) in [5.74, 6) is -0.306. The number of aliphatic carboxylic acids is 1. The van der Waals surface area contributed by atoms with Crippen molar-refractivity contribution in [1.29, 1.82) is 0 Å². The molecule has 0 aromatic carbocycles. The van der Waals surface area contributed by atoms with Gasteiger partial charge in [0.05, 0.1) is 0 Å². The number of nitrogens with one attached hydrogen (secondary N) is 2. The molecular weight excluding hydrogens is 220 g/mol. The molecule has 0 radical (unpaired) electrons. The topological polar surface area (TPSA) is 78.4 Å². The molecule has 0 spiro atoms. The summed E-state index contributed by atoms with van der Waals surface area (Å²) in [5.41, 5.74) is 0.365. The summed E-state index contributed by atoms with van der Waals surface area (Å²) in [6.45, 7) is 7.27. The molecule has 17 heavy (non-hydrogen) atoms. The van der Waals surface area contributed by atoms with Gasteiger partial charge in [-0.15, -0.1) is 0 Å². The highest BCUT2D eigenvalue weighted by molar-refractivity contribution is 5.74. The summed E-state index contributed by atoms with van der Waals surface area (Å²) in [6.07, 6.45) is 1.23. The normalized spacial score (nSPS) is 22.6. The van der Waals surface area contributed by atoms with E-state index in [-0.39, 0.29) is 18.4 Å². The van der Waals surface area contributed by atoms with Crippen LogP contribution in [0.1, 0.15) is 33.6 Å². The Labute approximate surface area is 102 Å². The smallest absolute Gasteiger partial charge is 0.314 e. The number of amides is 2. The van der Waals surface area contributed by atoms with Crippen LogP contribution in [0.2, 0.25) is 0 Å². The summed E-state index contributed by atoms with van der Waals surface area (Å²) in [5, 5.41) is 14.1. The van der Waals surface area contributed by atoms with E-state index in [2.05, 4.69) is 24.5 Å². The molecule has 2 amide bonds. The standard InChI is InChI=1S/C12H22N2O3/c1-8(4-10(15)16)6-13-11(17)14-7-9-5-12(9,2)3/h8-9H,4-7H2,1-3H3,(H,15,16)(H2,13,14,17). The van der Waals surface area contributed by atoms with Gasteiger partial charge in [0.25, 0.3) is 0 Å². The Balaban J connectivity index is 2.07. The molecule has 0 aromatic rings. The molecule has 1 saturated carbocycles. The van der Waals surface area contributed by atoms with Crippen molar-refractivity contribution in [2.45, 2.75) is 33.6 Å². The fraction of sp³-hybridized carbons (Fsp3) is 0.833. The monoisotopic (exact) mass is 242 g/mol. The highest BCUT2D eigenvalue weighted by atomic mass is 16.4. The summed E-state index contributed by atoms with van der Waals surface area (Å²) in [7, 11) is 0. The van der Waals surface area contributed by atoms with Gasteiger partial charge >= 0.3 is 12.0 Å². The van der Waals surface area contributed by atoms with Crippen LogP contribution in [0.3, 0.4) is 0 Å².